The molecule has 0 saturated heterocycles. The van der Waals surface area contributed by atoms with Crippen LogP contribution in [0.1, 0.15) is 30.9 Å². The Morgan fingerprint density at radius 3 is 2.55 bits per heavy atom. The summed E-state index contributed by atoms with van der Waals surface area (Å²) in [6.45, 7) is 2.66. The van der Waals surface area contributed by atoms with Crippen molar-refractivity contribution in [3.8, 4) is 5.75 Å². The smallest absolute Gasteiger partial charge is 0.406 e. The molecule has 1 rings (SSSR count). The van der Waals surface area contributed by atoms with Crippen LogP contribution in [0.4, 0.5) is 13.2 Å². The van der Waals surface area contributed by atoms with Crippen molar-refractivity contribution in [2.75, 3.05) is 20.2 Å². The Hall–Kier alpha value is -1.72. The van der Waals surface area contributed by atoms with Gasteiger partial charge in [-0.3, -0.25) is 4.79 Å². The monoisotopic (exact) mass is 317 g/mol. The molecule has 0 aromatic heterocycles. The summed E-state index contributed by atoms with van der Waals surface area (Å²) in [5.74, 6) is 0.109. The van der Waals surface area contributed by atoms with Crippen molar-refractivity contribution in [2.45, 2.75) is 39.3 Å². The summed E-state index contributed by atoms with van der Waals surface area (Å²) in [5, 5.41) is 0. The Morgan fingerprint density at radius 2 is 2.00 bits per heavy atom. The summed E-state index contributed by atoms with van der Waals surface area (Å²) in [7, 11) is 1.52. The Labute approximate surface area is 129 Å². The van der Waals surface area contributed by atoms with Crippen molar-refractivity contribution >= 4 is 5.91 Å². The van der Waals surface area contributed by atoms with Crippen LogP contribution in [0.5, 0.6) is 5.75 Å². The lowest BCUT2D eigenvalue weighted by molar-refractivity contribution is -0.160. The van der Waals surface area contributed by atoms with Gasteiger partial charge in [-0.25, -0.2) is 0 Å². The number of nitrogens with zero attached hydrogens (tertiary/aromatic N) is 1. The lowest BCUT2D eigenvalue weighted by atomic mass is 10.1. The summed E-state index contributed by atoms with van der Waals surface area (Å²) in [5.41, 5.74) is 1.56. The highest BCUT2D eigenvalue weighted by atomic mass is 19.4. The molecule has 124 valence electrons. The third-order valence-electron chi connectivity index (χ3n) is 3.33. The van der Waals surface area contributed by atoms with Crippen LogP contribution in [-0.2, 0) is 11.2 Å². The third-order valence-corrected chi connectivity index (χ3v) is 3.33. The van der Waals surface area contributed by atoms with Crippen molar-refractivity contribution in [1.82, 2.24) is 4.90 Å². The molecule has 0 unspecified atom stereocenters. The molecule has 6 heteroatoms. The molecule has 22 heavy (non-hydrogen) atoms. The van der Waals surface area contributed by atoms with Gasteiger partial charge in [0.25, 0.3) is 0 Å². The molecule has 0 aliphatic heterocycles. The number of amides is 1. The molecule has 0 N–H and O–H groups in total. The minimum absolute atomic E-state index is 0.0591. The van der Waals surface area contributed by atoms with Crippen LogP contribution in [0.15, 0.2) is 18.2 Å². The number of aryl methyl sites for hydroxylation is 1. The van der Waals surface area contributed by atoms with Gasteiger partial charge < -0.3 is 9.64 Å². The second-order valence-corrected chi connectivity index (χ2v) is 5.26. The van der Waals surface area contributed by atoms with Crippen LogP contribution in [0, 0.1) is 6.92 Å². The van der Waals surface area contributed by atoms with E-state index in [0.29, 0.717) is 17.7 Å². The van der Waals surface area contributed by atoms with Crippen molar-refractivity contribution in [3.63, 3.8) is 0 Å². The molecule has 3 nitrogen and oxygen atoms in total. The fourth-order valence-corrected chi connectivity index (χ4v) is 2.12. The van der Waals surface area contributed by atoms with Crippen LogP contribution in [0.3, 0.4) is 0 Å². The molecule has 0 spiro atoms. The van der Waals surface area contributed by atoms with Gasteiger partial charge in [0.2, 0.25) is 5.91 Å². The van der Waals surface area contributed by atoms with Crippen molar-refractivity contribution < 1.29 is 22.7 Å². The number of methoxy groups -OCH3 is 1. The second-order valence-electron chi connectivity index (χ2n) is 5.26. The zero-order valence-corrected chi connectivity index (χ0v) is 13.2. The summed E-state index contributed by atoms with van der Waals surface area (Å²) >= 11 is 0. The first kappa shape index (κ1) is 18.3. The van der Waals surface area contributed by atoms with Gasteiger partial charge in [-0.05, 0) is 30.5 Å². The number of hydrogen-bond acceptors (Lipinski definition) is 2. The van der Waals surface area contributed by atoms with E-state index in [4.69, 9.17) is 4.74 Å². The van der Waals surface area contributed by atoms with Crippen molar-refractivity contribution in [3.05, 3.63) is 29.3 Å². The number of alkyl halides is 3. The van der Waals surface area contributed by atoms with Gasteiger partial charge in [0.15, 0.2) is 0 Å². The predicted octanol–water partition coefficient (Wildman–Crippen LogP) is 3.74. The van der Waals surface area contributed by atoms with E-state index in [1.54, 1.807) is 18.2 Å². The van der Waals surface area contributed by atoms with E-state index in [2.05, 4.69) is 0 Å². The first-order valence-corrected chi connectivity index (χ1v) is 7.25. The van der Waals surface area contributed by atoms with Gasteiger partial charge in [0.1, 0.15) is 12.3 Å². The van der Waals surface area contributed by atoms with E-state index in [0.717, 1.165) is 16.9 Å². The second kappa shape index (κ2) is 8.06. The maximum atomic E-state index is 12.6. The number of carbonyl (C=O) groups excluding carboxylic acids is 1. The fraction of sp³-hybridized carbons (Fsp3) is 0.562. The van der Waals surface area contributed by atoms with Crippen LogP contribution in [-0.4, -0.2) is 37.2 Å². The Kier molecular flexibility index (Phi) is 6.71. The molecule has 1 aromatic carbocycles. The van der Waals surface area contributed by atoms with E-state index in [1.165, 1.54) is 7.11 Å². The molecule has 0 atom stereocenters. The van der Waals surface area contributed by atoms with Crippen molar-refractivity contribution in [1.29, 1.82) is 0 Å². The highest BCUT2D eigenvalue weighted by Crippen LogP contribution is 2.21. The number of carbonyl (C=O) groups is 1. The minimum Gasteiger partial charge on any atom is -0.496 e. The molecule has 0 aliphatic carbocycles. The quantitative estimate of drug-likeness (QED) is 0.767. The number of benzene rings is 1. The molecule has 0 saturated carbocycles. The zero-order valence-electron chi connectivity index (χ0n) is 13.2. The van der Waals surface area contributed by atoms with E-state index < -0.39 is 18.6 Å². The Bertz CT molecular complexity index is 501. The van der Waals surface area contributed by atoms with Gasteiger partial charge in [-0.2, -0.15) is 13.2 Å². The summed E-state index contributed by atoms with van der Waals surface area (Å²) in [4.78, 5) is 13.1. The SMILES string of the molecule is CCCCN(CC(F)(F)F)C(=O)Cc1ccc(C)c(OC)c1. The van der Waals surface area contributed by atoms with E-state index in [-0.39, 0.29) is 13.0 Å². The van der Waals surface area contributed by atoms with Gasteiger partial charge in [0, 0.05) is 6.54 Å². The Balaban J connectivity index is 2.81. The molecule has 1 aromatic rings. The van der Waals surface area contributed by atoms with Gasteiger partial charge >= 0.3 is 6.18 Å². The lowest BCUT2D eigenvalue weighted by Gasteiger charge is -2.24. The average Bonchev–Trinajstić information content (AvgIpc) is 2.44. The number of halogens is 3. The first-order chi connectivity index (χ1) is 10.3. The molecular formula is C16H22F3NO2. The van der Waals surface area contributed by atoms with Gasteiger partial charge in [-0.15, -0.1) is 0 Å². The van der Waals surface area contributed by atoms with Crippen LogP contribution < -0.4 is 4.74 Å². The number of rotatable bonds is 7. The first-order valence-electron chi connectivity index (χ1n) is 7.25. The van der Waals surface area contributed by atoms with E-state index in [9.17, 15) is 18.0 Å². The summed E-state index contributed by atoms with van der Waals surface area (Å²) in [6, 6.07) is 5.22. The van der Waals surface area contributed by atoms with Crippen LogP contribution >= 0.6 is 0 Å². The molecule has 0 heterocycles. The summed E-state index contributed by atoms with van der Waals surface area (Å²) in [6.07, 6.45) is -3.15. The molecule has 1 amide bonds. The molecule has 0 bridgehead atoms. The lowest BCUT2D eigenvalue weighted by Crippen LogP contribution is -2.40. The summed E-state index contributed by atoms with van der Waals surface area (Å²) < 4.78 is 42.9. The van der Waals surface area contributed by atoms with E-state index >= 15 is 0 Å². The van der Waals surface area contributed by atoms with Gasteiger partial charge in [-0.1, -0.05) is 25.5 Å². The molecule has 0 aliphatic rings. The largest absolute Gasteiger partial charge is 0.496 e. The van der Waals surface area contributed by atoms with Crippen molar-refractivity contribution in [2.24, 2.45) is 0 Å². The number of hydrogen-bond donors (Lipinski definition) is 0. The van der Waals surface area contributed by atoms with Crippen LogP contribution in [0.25, 0.3) is 0 Å². The third kappa shape index (κ3) is 5.95. The van der Waals surface area contributed by atoms with Gasteiger partial charge in [0.05, 0.1) is 13.5 Å². The Morgan fingerprint density at radius 1 is 1.32 bits per heavy atom. The fourth-order valence-electron chi connectivity index (χ4n) is 2.12. The average molecular weight is 317 g/mol. The molecule has 0 fully saturated rings. The maximum Gasteiger partial charge on any atom is 0.406 e. The standard InChI is InChI=1S/C16H22F3NO2/c1-4-5-8-20(11-16(17,18)19)15(21)10-13-7-6-12(2)14(9-13)22-3/h6-7,9H,4-5,8,10-11H2,1-3H3. The highest BCUT2D eigenvalue weighted by Gasteiger charge is 2.32. The zero-order chi connectivity index (χ0) is 16.8. The number of unbranched alkanes of at least 4 members (excludes halogenated alkanes) is 1. The maximum absolute atomic E-state index is 12.6. The minimum atomic E-state index is -4.38. The molecular weight excluding hydrogens is 295 g/mol. The van der Waals surface area contributed by atoms with E-state index in [1.807, 2.05) is 13.8 Å². The topological polar surface area (TPSA) is 29.5 Å². The molecule has 0 radical (unpaired) electrons. The van der Waals surface area contributed by atoms with Crippen LogP contribution in [0.2, 0.25) is 0 Å². The number of ether oxygens (including phenoxy) is 1. The highest BCUT2D eigenvalue weighted by molar-refractivity contribution is 5.79. The normalized spacial score (nSPS) is 11.4. The predicted molar refractivity (Wildman–Crippen MR) is 79.0 cm³/mol.